The van der Waals surface area contributed by atoms with E-state index in [1.54, 1.807) is 30.3 Å². The van der Waals surface area contributed by atoms with Gasteiger partial charge in [-0.05, 0) is 36.4 Å². The Morgan fingerprint density at radius 1 is 0.909 bits per heavy atom. The molecule has 4 aromatic rings. The van der Waals surface area contributed by atoms with Crippen molar-refractivity contribution in [3.63, 3.8) is 0 Å². The number of carbonyl (C=O) groups is 2. The van der Waals surface area contributed by atoms with Crippen molar-refractivity contribution in [2.45, 2.75) is 6.04 Å². The monoisotopic (exact) mass is 444 g/mol. The molecule has 0 saturated carbocycles. The SMILES string of the molecule is O=C(NC(C(=O)c1ccc([N+](=O)[O-])cc1)c1c(O)c2ccccc2oc1=O)c1ccccc1. The molecule has 1 amide bonds. The molecule has 1 unspecified atom stereocenters. The van der Waals surface area contributed by atoms with Gasteiger partial charge < -0.3 is 14.8 Å². The van der Waals surface area contributed by atoms with Crippen LogP contribution in [0.5, 0.6) is 5.75 Å². The van der Waals surface area contributed by atoms with Crippen molar-refractivity contribution in [1.29, 1.82) is 0 Å². The number of benzene rings is 3. The minimum Gasteiger partial charge on any atom is -0.507 e. The number of hydrogen-bond donors (Lipinski definition) is 2. The smallest absolute Gasteiger partial charge is 0.345 e. The maximum absolute atomic E-state index is 13.4. The number of nitrogens with zero attached hydrogens (tertiary/aromatic N) is 1. The number of nitrogens with one attached hydrogen (secondary N) is 1. The van der Waals surface area contributed by atoms with Crippen molar-refractivity contribution in [2.75, 3.05) is 0 Å². The normalized spacial score (nSPS) is 11.6. The molecule has 1 aromatic heterocycles. The molecule has 9 nitrogen and oxygen atoms in total. The molecular formula is C24H16N2O7. The highest BCUT2D eigenvalue weighted by Crippen LogP contribution is 2.31. The van der Waals surface area contributed by atoms with Gasteiger partial charge in [0.25, 0.3) is 11.6 Å². The minimum absolute atomic E-state index is 0.00841. The van der Waals surface area contributed by atoms with Crippen LogP contribution in [0.4, 0.5) is 5.69 Å². The van der Waals surface area contributed by atoms with Crippen LogP contribution in [0.2, 0.25) is 0 Å². The first-order valence-corrected chi connectivity index (χ1v) is 9.76. The van der Waals surface area contributed by atoms with Crippen molar-refractivity contribution in [2.24, 2.45) is 0 Å². The summed E-state index contributed by atoms with van der Waals surface area (Å²) in [6.07, 6.45) is 0. The molecular weight excluding hydrogens is 428 g/mol. The van der Waals surface area contributed by atoms with Crippen LogP contribution < -0.4 is 10.9 Å². The molecule has 0 spiro atoms. The van der Waals surface area contributed by atoms with Crippen molar-refractivity contribution < 1.29 is 24.0 Å². The van der Waals surface area contributed by atoms with E-state index in [4.69, 9.17) is 4.42 Å². The minimum atomic E-state index is -1.61. The number of ketones is 1. The van der Waals surface area contributed by atoms with E-state index in [1.807, 2.05) is 0 Å². The van der Waals surface area contributed by atoms with Crippen LogP contribution in [0.15, 0.2) is 88.1 Å². The molecule has 0 saturated heterocycles. The Hall–Kier alpha value is -4.79. The summed E-state index contributed by atoms with van der Waals surface area (Å²) in [7, 11) is 0. The van der Waals surface area contributed by atoms with Gasteiger partial charge in [-0.2, -0.15) is 0 Å². The topological polar surface area (TPSA) is 140 Å². The van der Waals surface area contributed by atoms with E-state index in [9.17, 15) is 29.6 Å². The van der Waals surface area contributed by atoms with Crippen molar-refractivity contribution in [3.05, 3.63) is 116 Å². The summed E-state index contributed by atoms with van der Waals surface area (Å²) < 4.78 is 5.27. The Kier molecular flexibility index (Phi) is 5.69. The van der Waals surface area contributed by atoms with Gasteiger partial charge in [0.15, 0.2) is 5.78 Å². The van der Waals surface area contributed by atoms with Gasteiger partial charge in [-0.15, -0.1) is 0 Å². The first kappa shape index (κ1) is 21.4. The molecule has 0 bridgehead atoms. The van der Waals surface area contributed by atoms with Gasteiger partial charge in [-0.1, -0.05) is 30.3 Å². The average molecular weight is 444 g/mol. The van der Waals surface area contributed by atoms with E-state index >= 15 is 0 Å². The molecule has 164 valence electrons. The molecule has 1 heterocycles. The lowest BCUT2D eigenvalue weighted by Crippen LogP contribution is -2.36. The van der Waals surface area contributed by atoms with E-state index in [2.05, 4.69) is 5.32 Å². The van der Waals surface area contributed by atoms with Crippen molar-refractivity contribution in [3.8, 4) is 5.75 Å². The number of amides is 1. The zero-order chi connectivity index (χ0) is 23.5. The third kappa shape index (κ3) is 4.19. The summed E-state index contributed by atoms with van der Waals surface area (Å²) in [6.45, 7) is 0. The van der Waals surface area contributed by atoms with Gasteiger partial charge in [0, 0.05) is 23.3 Å². The fourth-order valence-corrected chi connectivity index (χ4v) is 3.39. The average Bonchev–Trinajstić information content (AvgIpc) is 2.83. The summed E-state index contributed by atoms with van der Waals surface area (Å²) in [6, 6.07) is 17.3. The maximum Gasteiger partial charge on any atom is 0.345 e. The predicted molar refractivity (Wildman–Crippen MR) is 118 cm³/mol. The molecule has 0 aliphatic rings. The van der Waals surface area contributed by atoms with Gasteiger partial charge >= 0.3 is 5.63 Å². The first-order valence-electron chi connectivity index (χ1n) is 9.76. The Labute approximate surface area is 186 Å². The molecule has 3 aromatic carbocycles. The quantitative estimate of drug-likeness (QED) is 0.200. The third-order valence-electron chi connectivity index (χ3n) is 5.04. The molecule has 0 radical (unpaired) electrons. The number of nitro groups is 1. The van der Waals surface area contributed by atoms with Gasteiger partial charge in [0.2, 0.25) is 0 Å². The number of non-ortho nitro benzene ring substituents is 1. The highest BCUT2D eigenvalue weighted by atomic mass is 16.6. The Bertz CT molecular complexity index is 1430. The second kappa shape index (κ2) is 8.75. The van der Waals surface area contributed by atoms with E-state index in [0.29, 0.717) is 0 Å². The van der Waals surface area contributed by atoms with E-state index in [1.165, 1.54) is 36.4 Å². The van der Waals surface area contributed by atoms with E-state index in [-0.39, 0.29) is 27.8 Å². The summed E-state index contributed by atoms with van der Waals surface area (Å²) in [5.41, 5.74) is -1.35. The zero-order valence-electron chi connectivity index (χ0n) is 16.9. The third-order valence-corrected chi connectivity index (χ3v) is 5.04. The first-order chi connectivity index (χ1) is 15.9. The highest BCUT2D eigenvalue weighted by molar-refractivity contribution is 6.05. The number of rotatable bonds is 6. The highest BCUT2D eigenvalue weighted by Gasteiger charge is 2.32. The number of Topliss-reactive ketones (excluding diaryl/α,β-unsaturated/α-hetero) is 1. The lowest BCUT2D eigenvalue weighted by Gasteiger charge is -2.19. The van der Waals surface area contributed by atoms with Crippen molar-refractivity contribution in [1.82, 2.24) is 5.32 Å². The summed E-state index contributed by atoms with van der Waals surface area (Å²) in [5, 5.41) is 24.4. The Morgan fingerprint density at radius 3 is 2.21 bits per heavy atom. The largest absolute Gasteiger partial charge is 0.507 e. The molecule has 33 heavy (non-hydrogen) atoms. The fraction of sp³-hybridized carbons (Fsp3) is 0.0417. The summed E-state index contributed by atoms with van der Waals surface area (Å²) in [4.78, 5) is 49.3. The van der Waals surface area contributed by atoms with Crippen LogP contribution in [-0.4, -0.2) is 21.7 Å². The van der Waals surface area contributed by atoms with E-state index in [0.717, 1.165) is 12.1 Å². The molecule has 4 rings (SSSR count). The van der Waals surface area contributed by atoms with Gasteiger partial charge in [0.1, 0.15) is 22.9 Å². The summed E-state index contributed by atoms with van der Waals surface area (Å²) in [5.74, 6) is -1.93. The summed E-state index contributed by atoms with van der Waals surface area (Å²) >= 11 is 0. The second-order valence-electron chi connectivity index (χ2n) is 7.09. The van der Waals surface area contributed by atoms with Crippen molar-refractivity contribution >= 4 is 28.3 Å². The Morgan fingerprint density at radius 2 is 1.55 bits per heavy atom. The number of fused-ring (bicyclic) bond motifs is 1. The van der Waals surface area contributed by atoms with Crippen LogP contribution in [0, 0.1) is 10.1 Å². The van der Waals surface area contributed by atoms with Gasteiger partial charge in [-0.25, -0.2) is 4.79 Å². The fourth-order valence-electron chi connectivity index (χ4n) is 3.39. The zero-order valence-corrected chi connectivity index (χ0v) is 16.9. The van der Waals surface area contributed by atoms with Crippen LogP contribution in [0.25, 0.3) is 11.0 Å². The molecule has 9 heteroatoms. The predicted octanol–water partition coefficient (Wildman–Crippen LogP) is 3.76. The lowest BCUT2D eigenvalue weighted by molar-refractivity contribution is -0.384. The van der Waals surface area contributed by atoms with Crippen LogP contribution in [-0.2, 0) is 0 Å². The van der Waals surface area contributed by atoms with Gasteiger partial charge in [-0.3, -0.25) is 19.7 Å². The molecule has 2 N–H and O–H groups in total. The lowest BCUT2D eigenvalue weighted by atomic mass is 9.96. The number of hydrogen-bond acceptors (Lipinski definition) is 7. The Balaban J connectivity index is 1.83. The van der Waals surface area contributed by atoms with Crippen LogP contribution >= 0.6 is 0 Å². The second-order valence-corrected chi connectivity index (χ2v) is 7.09. The molecule has 0 aliphatic heterocycles. The number of carbonyl (C=O) groups excluding carboxylic acids is 2. The van der Waals surface area contributed by atoms with Crippen LogP contribution in [0.3, 0.4) is 0 Å². The maximum atomic E-state index is 13.4. The van der Waals surface area contributed by atoms with Gasteiger partial charge in [0.05, 0.1) is 10.3 Å². The molecule has 0 aliphatic carbocycles. The molecule has 0 fully saturated rings. The molecule has 1 atom stereocenters. The number of nitro benzene ring substituents is 1. The van der Waals surface area contributed by atoms with Crippen LogP contribution in [0.1, 0.15) is 32.3 Å². The standard InChI is InChI=1S/C24H16N2O7/c27-21(14-10-12-16(13-11-14)26(31)32)20(25-23(29)15-6-2-1-3-7-15)19-22(28)17-8-4-5-9-18(17)33-24(19)30/h1-13,20,28H,(H,25,29). The number of aromatic hydroxyl groups is 1. The number of para-hydroxylation sites is 1. The van der Waals surface area contributed by atoms with E-state index < -0.39 is 39.6 Å².